The van der Waals surface area contributed by atoms with Gasteiger partial charge in [0.05, 0.1) is 17.3 Å². The maximum absolute atomic E-state index is 5.64. The molecule has 0 saturated carbocycles. The first-order chi connectivity index (χ1) is 11.8. The second-order valence-electron chi connectivity index (χ2n) is 7.44. The van der Waals surface area contributed by atoms with Crippen LogP contribution in [0.3, 0.4) is 0 Å². The Morgan fingerprint density at radius 2 is 1.80 bits per heavy atom. The normalized spacial score (nSPS) is 12.1. The monoisotopic (exact) mass is 339 g/mol. The Labute approximate surface area is 148 Å². The molecule has 0 spiro atoms. The van der Waals surface area contributed by atoms with E-state index in [4.69, 9.17) is 4.74 Å². The Bertz CT molecular complexity index is 846. The summed E-state index contributed by atoms with van der Waals surface area (Å²) in [7, 11) is 4.01. The SMILES string of the molecule is CN(C)CCOc1ncc2cnn(-c3ccc(C(C)(C)C)cc3)c2n1. The molecule has 6 heteroatoms. The zero-order valence-corrected chi connectivity index (χ0v) is 15.5. The first-order valence-electron chi connectivity index (χ1n) is 8.44. The summed E-state index contributed by atoms with van der Waals surface area (Å²) in [6, 6.07) is 8.79. The van der Waals surface area contributed by atoms with Gasteiger partial charge in [0.1, 0.15) is 6.61 Å². The summed E-state index contributed by atoms with van der Waals surface area (Å²) in [6.45, 7) is 7.98. The number of nitrogens with zero attached hydrogens (tertiary/aromatic N) is 5. The molecule has 0 N–H and O–H groups in total. The van der Waals surface area contributed by atoms with E-state index < -0.39 is 0 Å². The van der Waals surface area contributed by atoms with Gasteiger partial charge >= 0.3 is 6.01 Å². The number of ether oxygens (including phenoxy) is 1. The van der Waals surface area contributed by atoms with E-state index in [0.717, 1.165) is 23.3 Å². The molecule has 132 valence electrons. The fraction of sp³-hybridized carbons (Fsp3) is 0.421. The van der Waals surface area contributed by atoms with Crippen molar-refractivity contribution in [3.63, 3.8) is 0 Å². The fourth-order valence-electron chi connectivity index (χ4n) is 2.48. The number of aromatic nitrogens is 4. The fourth-order valence-corrected chi connectivity index (χ4v) is 2.48. The van der Waals surface area contributed by atoms with Gasteiger partial charge in [0, 0.05) is 12.7 Å². The minimum Gasteiger partial charge on any atom is -0.462 e. The largest absolute Gasteiger partial charge is 0.462 e. The van der Waals surface area contributed by atoms with Crippen LogP contribution in [0, 0.1) is 0 Å². The standard InChI is InChI=1S/C19H25N5O/c1-19(2,3)15-6-8-16(9-7-15)24-17-14(13-21-24)12-20-18(22-17)25-11-10-23(4)5/h6-9,12-13H,10-11H2,1-5H3. The maximum Gasteiger partial charge on any atom is 0.318 e. The first-order valence-corrected chi connectivity index (χ1v) is 8.44. The molecule has 3 aromatic rings. The molecule has 2 aromatic heterocycles. The summed E-state index contributed by atoms with van der Waals surface area (Å²) < 4.78 is 7.47. The second-order valence-corrected chi connectivity index (χ2v) is 7.44. The van der Waals surface area contributed by atoms with Crippen LogP contribution in [0.5, 0.6) is 6.01 Å². The highest BCUT2D eigenvalue weighted by Gasteiger charge is 2.14. The minimum atomic E-state index is 0.125. The maximum atomic E-state index is 5.64. The van der Waals surface area contributed by atoms with Gasteiger partial charge in [-0.15, -0.1) is 0 Å². The smallest absolute Gasteiger partial charge is 0.318 e. The average Bonchev–Trinajstić information content (AvgIpc) is 2.97. The Morgan fingerprint density at radius 1 is 1.08 bits per heavy atom. The van der Waals surface area contributed by atoms with E-state index in [1.807, 2.05) is 18.8 Å². The molecule has 0 atom stereocenters. The van der Waals surface area contributed by atoms with E-state index >= 15 is 0 Å². The number of fused-ring (bicyclic) bond motifs is 1. The third-order valence-electron chi connectivity index (χ3n) is 4.03. The van der Waals surface area contributed by atoms with E-state index in [-0.39, 0.29) is 5.41 Å². The molecule has 1 aromatic carbocycles. The van der Waals surface area contributed by atoms with Crippen molar-refractivity contribution >= 4 is 11.0 Å². The second kappa shape index (κ2) is 6.80. The van der Waals surface area contributed by atoms with Crippen LogP contribution in [-0.2, 0) is 5.41 Å². The lowest BCUT2D eigenvalue weighted by atomic mass is 9.87. The summed E-state index contributed by atoms with van der Waals surface area (Å²) in [6.07, 6.45) is 3.52. The highest BCUT2D eigenvalue weighted by Crippen LogP contribution is 2.24. The Hall–Kier alpha value is -2.47. The van der Waals surface area contributed by atoms with Crippen LogP contribution in [0.4, 0.5) is 0 Å². The molecule has 6 nitrogen and oxygen atoms in total. The van der Waals surface area contributed by atoms with Crippen LogP contribution >= 0.6 is 0 Å². The Kier molecular flexibility index (Phi) is 4.72. The van der Waals surface area contributed by atoms with Crippen molar-refractivity contribution < 1.29 is 4.74 Å². The molecule has 0 aliphatic rings. The van der Waals surface area contributed by atoms with E-state index in [1.54, 1.807) is 12.4 Å². The van der Waals surface area contributed by atoms with Gasteiger partial charge in [0.25, 0.3) is 0 Å². The van der Waals surface area contributed by atoms with Gasteiger partial charge in [-0.1, -0.05) is 32.9 Å². The van der Waals surface area contributed by atoms with Crippen LogP contribution in [0.15, 0.2) is 36.7 Å². The highest BCUT2D eigenvalue weighted by molar-refractivity contribution is 5.75. The molecule has 0 radical (unpaired) electrons. The van der Waals surface area contributed by atoms with Crippen molar-refractivity contribution in [3.8, 4) is 11.7 Å². The zero-order chi connectivity index (χ0) is 18.0. The number of benzene rings is 1. The molecule has 2 heterocycles. The topological polar surface area (TPSA) is 56.1 Å². The number of hydrogen-bond donors (Lipinski definition) is 0. The molecule has 0 amide bonds. The molecular formula is C19H25N5O. The summed E-state index contributed by atoms with van der Waals surface area (Å²) in [4.78, 5) is 10.8. The van der Waals surface area contributed by atoms with Gasteiger partial charge in [0.15, 0.2) is 5.65 Å². The van der Waals surface area contributed by atoms with E-state index in [1.165, 1.54) is 5.56 Å². The summed E-state index contributed by atoms with van der Waals surface area (Å²) >= 11 is 0. The van der Waals surface area contributed by atoms with Crippen LogP contribution in [-0.4, -0.2) is 51.9 Å². The summed E-state index contributed by atoms with van der Waals surface area (Å²) in [5, 5.41) is 5.35. The zero-order valence-electron chi connectivity index (χ0n) is 15.5. The van der Waals surface area contributed by atoms with Crippen LogP contribution < -0.4 is 4.74 Å². The molecule has 0 bridgehead atoms. The number of hydrogen-bond acceptors (Lipinski definition) is 5. The first kappa shape index (κ1) is 17.4. The van der Waals surface area contributed by atoms with Crippen LogP contribution in [0.25, 0.3) is 16.7 Å². The van der Waals surface area contributed by atoms with Crippen molar-refractivity contribution in [1.82, 2.24) is 24.6 Å². The summed E-state index contributed by atoms with van der Waals surface area (Å²) in [5.41, 5.74) is 3.13. The lowest BCUT2D eigenvalue weighted by Gasteiger charge is -2.19. The minimum absolute atomic E-state index is 0.125. The van der Waals surface area contributed by atoms with Crippen LogP contribution in [0.2, 0.25) is 0 Å². The van der Waals surface area contributed by atoms with Crippen molar-refractivity contribution in [2.24, 2.45) is 0 Å². The van der Waals surface area contributed by atoms with E-state index in [2.05, 4.69) is 65.0 Å². The van der Waals surface area contributed by atoms with Crippen molar-refractivity contribution in [2.45, 2.75) is 26.2 Å². The Morgan fingerprint density at radius 3 is 2.44 bits per heavy atom. The lowest BCUT2D eigenvalue weighted by molar-refractivity contribution is 0.246. The number of likely N-dealkylation sites (N-methyl/N-ethyl adjacent to an activating group) is 1. The predicted octanol–water partition coefficient (Wildman–Crippen LogP) is 3.05. The molecule has 0 aliphatic heterocycles. The van der Waals surface area contributed by atoms with Crippen LogP contribution in [0.1, 0.15) is 26.3 Å². The van der Waals surface area contributed by atoms with E-state index in [0.29, 0.717) is 12.6 Å². The van der Waals surface area contributed by atoms with Gasteiger partial charge in [-0.3, -0.25) is 0 Å². The quantitative estimate of drug-likeness (QED) is 0.715. The molecule has 0 unspecified atom stereocenters. The lowest BCUT2D eigenvalue weighted by Crippen LogP contribution is -2.20. The Balaban J connectivity index is 1.88. The molecular weight excluding hydrogens is 314 g/mol. The molecule has 25 heavy (non-hydrogen) atoms. The van der Waals surface area contributed by atoms with Gasteiger partial charge in [-0.25, -0.2) is 9.67 Å². The third kappa shape index (κ3) is 3.96. The van der Waals surface area contributed by atoms with Gasteiger partial charge < -0.3 is 9.64 Å². The summed E-state index contributed by atoms with van der Waals surface area (Å²) in [5.74, 6) is 0. The number of rotatable bonds is 5. The van der Waals surface area contributed by atoms with Gasteiger partial charge in [-0.2, -0.15) is 10.1 Å². The van der Waals surface area contributed by atoms with Crippen molar-refractivity contribution in [2.75, 3.05) is 27.2 Å². The molecule has 0 saturated heterocycles. The van der Waals surface area contributed by atoms with Crippen molar-refractivity contribution in [1.29, 1.82) is 0 Å². The van der Waals surface area contributed by atoms with Gasteiger partial charge in [0.2, 0.25) is 0 Å². The third-order valence-corrected chi connectivity index (χ3v) is 4.03. The van der Waals surface area contributed by atoms with E-state index in [9.17, 15) is 0 Å². The molecule has 0 aliphatic carbocycles. The average molecular weight is 339 g/mol. The highest BCUT2D eigenvalue weighted by atomic mass is 16.5. The van der Waals surface area contributed by atoms with Crippen molar-refractivity contribution in [3.05, 3.63) is 42.2 Å². The molecule has 3 rings (SSSR count). The molecule has 0 fully saturated rings. The van der Waals surface area contributed by atoms with Gasteiger partial charge in [-0.05, 0) is 37.2 Å². The predicted molar refractivity (Wildman–Crippen MR) is 99.4 cm³/mol.